The number of imidazole rings is 1. The van der Waals surface area contributed by atoms with Gasteiger partial charge < -0.3 is 20.3 Å². The quantitative estimate of drug-likeness (QED) is 0.507. The topological polar surface area (TPSA) is 132 Å². The van der Waals surface area contributed by atoms with Crippen LogP contribution in [0.5, 0.6) is 0 Å². The lowest BCUT2D eigenvalue weighted by molar-refractivity contribution is -0.143. The molecule has 1 unspecified atom stereocenters. The van der Waals surface area contributed by atoms with Crippen LogP contribution in [0.3, 0.4) is 0 Å². The number of nitrogens with one attached hydrogen (secondary N) is 2. The fraction of sp³-hybridized carbons (Fsp3) is 0.261. The molecule has 164 valence electrons. The van der Waals surface area contributed by atoms with E-state index in [0.717, 1.165) is 16.6 Å². The van der Waals surface area contributed by atoms with E-state index in [1.165, 1.54) is 4.90 Å². The smallest absolute Gasteiger partial charge is 0.304 e. The van der Waals surface area contributed by atoms with E-state index < -0.39 is 17.8 Å². The Kier molecular flexibility index (Phi) is 5.72. The zero-order valence-electron chi connectivity index (χ0n) is 17.4. The number of H-pyrrole nitrogens is 1. The third kappa shape index (κ3) is 4.36. The van der Waals surface area contributed by atoms with Gasteiger partial charge in [0.25, 0.3) is 5.91 Å². The molecule has 4 rings (SSSR count). The van der Waals surface area contributed by atoms with E-state index in [1.807, 2.05) is 18.2 Å². The zero-order valence-corrected chi connectivity index (χ0v) is 17.4. The predicted molar refractivity (Wildman–Crippen MR) is 115 cm³/mol. The highest BCUT2D eigenvalue weighted by molar-refractivity contribution is 6.01. The Morgan fingerprint density at radius 3 is 2.72 bits per heavy atom. The van der Waals surface area contributed by atoms with Crippen LogP contribution in [0.2, 0.25) is 0 Å². The van der Waals surface area contributed by atoms with Crippen molar-refractivity contribution >= 4 is 34.6 Å². The molecule has 0 radical (unpaired) electrons. The van der Waals surface area contributed by atoms with E-state index in [0.29, 0.717) is 17.5 Å². The fourth-order valence-corrected chi connectivity index (χ4v) is 3.91. The van der Waals surface area contributed by atoms with Crippen molar-refractivity contribution in [2.24, 2.45) is 5.92 Å². The number of nitrogens with zero attached hydrogens (tertiary/aromatic N) is 2. The number of hydrogen-bond acceptors (Lipinski definition) is 5. The SMILES string of the molecule is CN1Cc2cc(C(=O)NCC(=O)c3nc4ccccc4[nH]3)ccc2CC(CC(=O)O)C1=O. The van der Waals surface area contributed by atoms with Gasteiger partial charge in [-0.05, 0) is 41.8 Å². The van der Waals surface area contributed by atoms with Gasteiger partial charge >= 0.3 is 5.97 Å². The second-order valence-electron chi connectivity index (χ2n) is 7.89. The van der Waals surface area contributed by atoms with Crippen molar-refractivity contribution in [1.82, 2.24) is 20.2 Å². The van der Waals surface area contributed by atoms with Crippen LogP contribution in [0.15, 0.2) is 42.5 Å². The van der Waals surface area contributed by atoms with Crippen molar-refractivity contribution in [1.29, 1.82) is 0 Å². The Morgan fingerprint density at radius 1 is 1.19 bits per heavy atom. The molecule has 0 saturated carbocycles. The fourth-order valence-electron chi connectivity index (χ4n) is 3.91. The molecule has 0 bridgehead atoms. The summed E-state index contributed by atoms with van der Waals surface area (Å²) in [6.45, 7) is 0.0676. The molecule has 9 nitrogen and oxygen atoms in total. The van der Waals surface area contributed by atoms with Crippen LogP contribution in [-0.4, -0.2) is 57.1 Å². The number of carbonyl (C=O) groups excluding carboxylic acids is 3. The van der Waals surface area contributed by atoms with Gasteiger partial charge in [0.2, 0.25) is 11.7 Å². The van der Waals surface area contributed by atoms with E-state index in [-0.39, 0.29) is 37.0 Å². The number of Topliss-reactive ketones (excluding diaryl/α,β-unsaturated/α-hetero) is 1. The highest BCUT2D eigenvalue weighted by atomic mass is 16.4. The van der Waals surface area contributed by atoms with E-state index >= 15 is 0 Å². The van der Waals surface area contributed by atoms with Gasteiger partial charge in [-0.2, -0.15) is 0 Å². The largest absolute Gasteiger partial charge is 0.481 e. The average molecular weight is 434 g/mol. The first kappa shape index (κ1) is 21.2. The maximum absolute atomic E-state index is 12.6. The predicted octanol–water partition coefficient (Wildman–Crippen LogP) is 1.78. The van der Waals surface area contributed by atoms with Gasteiger partial charge in [0, 0.05) is 19.2 Å². The molecule has 2 heterocycles. The van der Waals surface area contributed by atoms with Crippen LogP contribution >= 0.6 is 0 Å². The van der Waals surface area contributed by atoms with Crippen LogP contribution in [0.4, 0.5) is 0 Å². The summed E-state index contributed by atoms with van der Waals surface area (Å²) >= 11 is 0. The van der Waals surface area contributed by atoms with E-state index in [2.05, 4.69) is 15.3 Å². The van der Waals surface area contributed by atoms with Gasteiger partial charge in [-0.1, -0.05) is 18.2 Å². The number of aliphatic carboxylic acids is 1. The first-order valence-electron chi connectivity index (χ1n) is 10.2. The Balaban J connectivity index is 1.45. The lowest BCUT2D eigenvalue weighted by Crippen LogP contribution is -2.32. The Labute approximate surface area is 183 Å². The third-order valence-corrected chi connectivity index (χ3v) is 5.55. The molecule has 2 amide bonds. The molecule has 0 saturated heterocycles. The first-order valence-corrected chi connectivity index (χ1v) is 10.2. The van der Waals surface area contributed by atoms with Gasteiger partial charge in [0.15, 0.2) is 5.82 Å². The van der Waals surface area contributed by atoms with Gasteiger partial charge in [0.05, 0.1) is 29.9 Å². The van der Waals surface area contributed by atoms with Crippen molar-refractivity contribution in [3.05, 3.63) is 65.0 Å². The highest BCUT2D eigenvalue weighted by Crippen LogP contribution is 2.25. The average Bonchev–Trinajstić information content (AvgIpc) is 3.16. The summed E-state index contributed by atoms with van der Waals surface area (Å²) in [6.07, 6.45) is 0.0615. The van der Waals surface area contributed by atoms with E-state index in [4.69, 9.17) is 5.11 Å². The number of hydrogen-bond donors (Lipinski definition) is 3. The standard InChI is InChI=1S/C23H22N4O5/c1-27-12-16-9-14(7-6-13(16)8-15(23(27)32)10-20(29)30)22(31)24-11-19(28)21-25-17-4-2-3-5-18(17)26-21/h2-7,9,15H,8,10-12H2,1H3,(H,24,31)(H,25,26)(H,29,30). The molecule has 1 aliphatic rings. The molecule has 32 heavy (non-hydrogen) atoms. The number of ketones is 1. The van der Waals surface area contributed by atoms with Crippen LogP contribution in [0.25, 0.3) is 11.0 Å². The number of carboxylic acids is 1. The van der Waals surface area contributed by atoms with Crippen LogP contribution in [0.1, 0.15) is 38.5 Å². The first-order chi connectivity index (χ1) is 15.3. The summed E-state index contributed by atoms with van der Waals surface area (Å²) < 4.78 is 0. The van der Waals surface area contributed by atoms with Crippen LogP contribution < -0.4 is 5.32 Å². The number of amides is 2. The number of benzene rings is 2. The molecular weight excluding hydrogens is 412 g/mol. The molecule has 2 aromatic carbocycles. The summed E-state index contributed by atoms with van der Waals surface area (Å²) in [5.41, 5.74) is 3.40. The maximum atomic E-state index is 12.6. The maximum Gasteiger partial charge on any atom is 0.304 e. The Bertz CT molecular complexity index is 1200. The number of fused-ring (bicyclic) bond motifs is 2. The zero-order chi connectivity index (χ0) is 22.8. The highest BCUT2D eigenvalue weighted by Gasteiger charge is 2.29. The minimum absolute atomic E-state index is 0.179. The molecule has 0 aliphatic carbocycles. The van der Waals surface area contributed by atoms with Gasteiger partial charge in [-0.3, -0.25) is 19.2 Å². The molecular formula is C23H22N4O5. The molecule has 1 atom stereocenters. The normalized spacial score (nSPS) is 15.8. The summed E-state index contributed by atoms with van der Waals surface area (Å²) in [5, 5.41) is 11.7. The number of para-hydroxylation sites is 2. The summed E-state index contributed by atoms with van der Waals surface area (Å²) in [5.74, 6) is -2.47. The number of carboxylic acid groups (broad SMARTS) is 1. The monoisotopic (exact) mass is 434 g/mol. The molecule has 3 N–H and O–H groups in total. The van der Waals surface area contributed by atoms with Crippen molar-refractivity contribution in [2.75, 3.05) is 13.6 Å². The van der Waals surface area contributed by atoms with Crippen molar-refractivity contribution in [3.63, 3.8) is 0 Å². The van der Waals surface area contributed by atoms with Crippen molar-refractivity contribution < 1.29 is 24.3 Å². The van der Waals surface area contributed by atoms with E-state index in [9.17, 15) is 19.2 Å². The molecule has 1 aliphatic heterocycles. The minimum atomic E-state index is -1.02. The number of aromatic nitrogens is 2. The molecule has 1 aromatic heterocycles. The number of aromatic amines is 1. The van der Waals surface area contributed by atoms with Crippen LogP contribution in [0, 0.1) is 5.92 Å². The van der Waals surface area contributed by atoms with Crippen molar-refractivity contribution in [2.45, 2.75) is 19.4 Å². The molecule has 9 heteroatoms. The van der Waals surface area contributed by atoms with E-state index in [1.54, 1.807) is 31.3 Å². The second kappa shape index (κ2) is 8.62. The summed E-state index contributed by atoms with van der Waals surface area (Å²) in [7, 11) is 1.62. The third-order valence-electron chi connectivity index (χ3n) is 5.55. The Morgan fingerprint density at radius 2 is 1.97 bits per heavy atom. The second-order valence-corrected chi connectivity index (χ2v) is 7.89. The number of rotatable bonds is 6. The van der Waals surface area contributed by atoms with Crippen molar-refractivity contribution in [3.8, 4) is 0 Å². The molecule has 0 fully saturated rings. The summed E-state index contributed by atoms with van der Waals surface area (Å²) in [6, 6.07) is 12.3. The number of carbonyl (C=O) groups is 4. The molecule has 3 aromatic rings. The summed E-state index contributed by atoms with van der Waals surface area (Å²) in [4.78, 5) is 57.3. The molecule has 0 spiro atoms. The van der Waals surface area contributed by atoms with Gasteiger partial charge in [-0.25, -0.2) is 4.98 Å². The minimum Gasteiger partial charge on any atom is -0.481 e. The van der Waals surface area contributed by atoms with Crippen LogP contribution in [-0.2, 0) is 22.6 Å². The Hall–Kier alpha value is -4.01. The lowest BCUT2D eigenvalue weighted by atomic mass is 9.93. The van der Waals surface area contributed by atoms with Gasteiger partial charge in [0.1, 0.15) is 0 Å². The van der Waals surface area contributed by atoms with Gasteiger partial charge in [-0.15, -0.1) is 0 Å². The lowest BCUT2D eigenvalue weighted by Gasteiger charge is -2.18.